The summed E-state index contributed by atoms with van der Waals surface area (Å²) in [5, 5.41) is 0. The lowest BCUT2D eigenvalue weighted by molar-refractivity contribution is 0.521. The van der Waals surface area contributed by atoms with Gasteiger partial charge in [-0.25, -0.2) is 0 Å². The lowest BCUT2D eigenvalue weighted by Gasteiger charge is -2.17. The summed E-state index contributed by atoms with van der Waals surface area (Å²) in [5.74, 6) is 1.08. The van der Waals surface area contributed by atoms with Crippen LogP contribution in [-0.4, -0.2) is 6.21 Å². The molecule has 0 aromatic rings. The molecule has 0 radical (unpaired) electrons. The maximum Gasteiger partial charge on any atom is 0.0641 e. The molecule has 0 saturated carbocycles. The van der Waals surface area contributed by atoms with Gasteiger partial charge in [0, 0.05) is 12.1 Å². The van der Waals surface area contributed by atoms with E-state index in [2.05, 4.69) is 56.3 Å². The molecule has 1 aliphatic heterocycles. The maximum absolute atomic E-state index is 4.58. The molecule has 1 aliphatic carbocycles. The summed E-state index contributed by atoms with van der Waals surface area (Å²) < 4.78 is 0. The van der Waals surface area contributed by atoms with Crippen LogP contribution in [0.2, 0.25) is 0 Å². The van der Waals surface area contributed by atoms with E-state index in [1.165, 1.54) is 49.7 Å². The van der Waals surface area contributed by atoms with Gasteiger partial charge in [-0.2, -0.15) is 0 Å². The zero-order chi connectivity index (χ0) is 18.8. The van der Waals surface area contributed by atoms with Gasteiger partial charge in [0.15, 0.2) is 0 Å². The predicted molar refractivity (Wildman–Crippen MR) is 117 cm³/mol. The topological polar surface area (TPSA) is 12.4 Å². The van der Waals surface area contributed by atoms with E-state index in [9.17, 15) is 0 Å². The average molecular weight is 352 g/mol. The van der Waals surface area contributed by atoms with Crippen molar-refractivity contribution < 1.29 is 0 Å². The Balaban J connectivity index is 1.98. The number of nitrogens with zero attached hydrogens (tertiary/aromatic N) is 1. The van der Waals surface area contributed by atoms with Crippen LogP contribution in [0.5, 0.6) is 0 Å². The van der Waals surface area contributed by atoms with E-state index in [-0.39, 0.29) is 0 Å². The molecule has 2 rings (SSSR count). The second-order valence-electron chi connectivity index (χ2n) is 7.89. The summed E-state index contributed by atoms with van der Waals surface area (Å²) in [4.78, 5) is 4.58. The van der Waals surface area contributed by atoms with E-state index >= 15 is 0 Å². The van der Waals surface area contributed by atoms with Crippen LogP contribution in [0, 0.1) is 11.8 Å². The summed E-state index contributed by atoms with van der Waals surface area (Å²) >= 11 is 0. The molecular weight excluding hydrogens is 314 g/mol. The van der Waals surface area contributed by atoms with Crippen LogP contribution in [-0.2, 0) is 0 Å². The predicted octanol–water partition coefficient (Wildman–Crippen LogP) is 7.74. The summed E-state index contributed by atoms with van der Waals surface area (Å²) in [6, 6.07) is 0. The fourth-order valence-corrected chi connectivity index (χ4v) is 3.79. The maximum atomic E-state index is 4.58. The van der Waals surface area contributed by atoms with Crippen LogP contribution in [0.1, 0.15) is 78.1 Å². The fraction of sp³-hybridized carbons (Fsp3) is 0.560. The summed E-state index contributed by atoms with van der Waals surface area (Å²) in [5.41, 5.74) is 4.97. The summed E-state index contributed by atoms with van der Waals surface area (Å²) in [6.07, 6.45) is 23.5. The average Bonchev–Trinajstić information content (AvgIpc) is 2.70. The molecule has 2 aliphatic rings. The Hall–Kier alpha value is -1.63. The molecule has 0 aromatic heterocycles. The van der Waals surface area contributed by atoms with E-state index in [1.54, 1.807) is 0 Å². The highest BCUT2D eigenvalue weighted by Crippen LogP contribution is 2.28. The van der Waals surface area contributed by atoms with Crippen LogP contribution in [0.4, 0.5) is 0 Å². The normalized spacial score (nSPS) is 26.8. The van der Waals surface area contributed by atoms with E-state index in [1.807, 2.05) is 6.21 Å². The van der Waals surface area contributed by atoms with Gasteiger partial charge in [-0.15, -0.1) is 0 Å². The molecular formula is C25H37N. The monoisotopic (exact) mass is 351 g/mol. The Morgan fingerprint density at radius 2 is 1.92 bits per heavy atom. The smallest absolute Gasteiger partial charge is 0.0641 e. The molecule has 0 saturated heterocycles. The molecule has 1 heterocycles. The first kappa shape index (κ1) is 20.7. The van der Waals surface area contributed by atoms with Crippen LogP contribution in [0.25, 0.3) is 0 Å². The minimum absolute atomic E-state index is 0.361. The Morgan fingerprint density at radius 1 is 1.08 bits per heavy atom. The van der Waals surface area contributed by atoms with Gasteiger partial charge in [0.05, 0.1) is 5.70 Å². The molecule has 2 atom stereocenters. The molecule has 0 amide bonds. The van der Waals surface area contributed by atoms with Crippen molar-refractivity contribution in [3.8, 4) is 0 Å². The van der Waals surface area contributed by atoms with Gasteiger partial charge < -0.3 is 0 Å². The number of aliphatic imine (C=N–C) groups is 1. The van der Waals surface area contributed by atoms with Crippen LogP contribution < -0.4 is 0 Å². The van der Waals surface area contributed by atoms with Crippen molar-refractivity contribution in [3.63, 3.8) is 0 Å². The third kappa shape index (κ3) is 6.59. The quantitative estimate of drug-likeness (QED) is 0.434. The van der Waals surface area contributed by atoms with Crippen LogP contribution in [0.15, 0.2) is 64.9 Å². The Bertz CT molecular complexity index is 600. The Kier molecular flexibility index (Phi) is 8.88. The molecule has 142 valence electrons. The molecule has 2 unspecified atom stereocenters. The third-order valence-corrected chi connectivity index (χ3v) is 5.73. The van der Waals surface area contributed by atoms with E-state index in [0.717, 1.165) is 42.9 Å². The number of hydrogen-bond donors (Lipinski definition) is 0. The van der Waals surface area contributed by atoms with Crippen molar-refractivity contribution in [1.29, 1.82) is 0 Å². The van der Waals surface area contributed by atoms with E-state index < -0.39 is 0 Å². The van der Waals surface area contributed by atoms with Crippen LogP contribution >= 0.6 is 0 Å². The Labute approximate surface area is 161 Å². The highest BCUT2D eigenvalue weighted by Gasteiger charge is 2.12. The lowest BCUT2D eigenvalue weighted by Crippen LogP contribution is -2.02. The van der Waals surface area contributed by atoms with Crippen molar-refractivity contribution in [1.82, 2.24) is 0 Å². The second kappa shape index (κ2) is 11.2. The van der Waals surface area contributed by atoms with Gasteiger partial charge in [-0.1, -0.05) is 62.8 Å². The zero-order valence-electron chi connectivity index (χ0n) is 17.0. The molecule has 0 bridgehead atoms. The van der Waals surface area contributed by atoms with Crippen molar-refractivity contribution in [2.24, 2.45) is 16.8 Å². The highest BCUT2D eigenvalue weighted by molar-refractivity contribution is 5.63. The lowest BCUT2D eigenvalue weighted by atomic mass is 9.90. The first-order chi connectivity index (χ1) is 12.6. The van der Waals surface area contributed by atoms with Crippen molar-refractivity contribution in [2.45, 2.75) is 78.1 Å². The van der Waals surface area contributed by atoms with Gasteiger partial charge >= 0.3 is 0 Å². The fourth-order valence-electron chi connectivity index (χ4n) is 3.79. The van der Waals surface area contributed by atoms with E-state index in [4.69, 9.17) is 0 Å². The molecule has 1 nitrogen and oxygen atoms in total. The number of hydrogen-bond acceptors (Lipinski definition) is 1. The first-order valence-electron chi connectivity index (χ1n) is 10.5. The molecule has 1 heteroatoms. The number of allylic oxidation sites excluding steroid dienone is 7. The minimum Gasteiger partial charge on any atom is -0.261 e. The largest absolute Gasteiger partial charge is 0.261 e. The van der Waals surface area contributed by atoms with Gasteiger partial charge in [0.25, 0.3) is 0 Å². The van der Waals surface area contributed by atoms with Crippen LogP contribution in [0.3, 0.4) is 0 Å². The van der Waals surface area contributed by atoms with Gasteiger partial charge in [-0.3, -0.25) is 4.99 Å². The van der Waals surface area contributed by atoms with Gasteiger partial charge in [-0.05, 0) is 75.4 Å². The third-order valence-electron chi connectivity index (χ3n) is 5.73. The van der Waals surface area contributed by atoms with Crippen molar-refractivity contribution in [2.75, 3.05) is 0 Å². The summed E-state index contributed by atoms with van der Waals surface area (Å²) in [6.45, 7) is 13.2. The SMILES string of the molecule is C=C(CCC(=C)C1/C=C\CCCCCC(CC)/C=C/1)C1=C(C)CCC=N1. The van der Waals surface area contributed by atoms with Gasteiger partial charge in [0.1, 0.15) is 0 Å². The molecule has 0 fully saturated rings. The highest BCUT2D eigenvalue weighted by atomic mass is 14.7. The van der Waals surface area contributed by atoms with Crippen molar-refractivity contribution in [3.05, 3.63) is 59.9 Å². The standard InChI is InChI=1S/C25H37N/c1-5-23-13-9-7-6-8-10-14-24(18-17-23)20(2)15-16-22(4)25-21(3)12-11-19-26-25/h10,14,17-19,23-24H,2,4-9,11-13,15-16H2,1,3H3/b14-10-,18-17+. The molecule has 26 heavy (non-hydrogen) atoms. The zero-order valence-corrected chi connectivity index (χ0v) is 17.0. The Morgan fingerprint density at radius 3 is 2.69 bits per heavy atom. The van der Waals surface area contributed by atoms with Crippen molar-refractivity contribution >= 4 is 6.21 Å². The minimum atomic E-state index is 0.361. The van der Waals surface area contributed by atoms with Gasteiger partial charge in [0.2, 0.25) is 0 Å². The molecule has 0 spiro atoms. The summed E-state index contributed by atoms with van der Waals surface area (Å²) in [7, 11) is 0. The second-order valence-corrected chi connectivity index (χ2v) is 7.89. The van der Waals surface area contributed by atoms with E-state index in [0.29, 0.717) is 5.92 Å². The number of rotatable bonds is 6. The molecule has 0 N–H and O–H groups in total. The molecule has 0 aromatic carbocycles. The first-order valence-corrected chi connectivity index (χ1v) is 10.5.